The van der Waals surface area contributed by atoms with E-state index in [2.05, 4.69) is 10.1 Å². The van der Waals surface area contributed by atoms with E-state index in [1.165, 1.54) is 39.2 Å². The molecule has 7 nitrogen and oxygen atoms in total. The van der Waals surface area contributed by atoms with E-state index >= 15 is 0 Å². The molecule has 0 N–H and O–H groups in total. The summed E-state index contributed by atoms with van der Waals surface area (Å²) in [5.41, 5.74) is -2.64. The normalized spacial score (nSPS) is 14.7. The van der Waals surface area contributed by atoms with Gasteiger partial charge in [0.25, 0.3) is 5.56 Å². The lowest BCUT2D eigenvalue weighted by Gasteiger charge is -2.31. The molecule has 3 aromatic heterocycles. The highest BCUT2D eigenvalue weighted by Crippen LogP contribution is 2.32. The van der Waals surface area contributed by atoms with Gasteiger partial charge in [-0.05, 0) is 43.2 Å². The molecule has 0 saturated carbocycles. The van der Waals surface area contributed by atoms with Crippen molar-refractivity contribution >= 4 is 17.2 Å². The lowest BCUT2D eigenvalue weighted by molar-refractivity contribution is -0.139. The van der Waals surface area contributed by atoms with Crippen molar-refractivity contribution in [1.82, 2.24) is 24.2 Å². The number of likely N-dealkylation sites (tertiary alicyclic amines) is 1. The van der Waals surface area contributed by atoms with Gasteiger partial charge in [0.2, 0.25) is 5.91 Å². The summed E-state index contributed by atoms with van der Waals surface area (Å²) in [6.07, 6.45) is -0.890. The second kappa shape index (κ2) is 10.1. The van der Waals surface area contributed by atoms with Gasteiger partial charge in [-0.2, -0.15) is 18.3 Å². The molecular formula is C25H20F5N5O2S. The van der Waals surface area contributed by atoms with Crippen LogP contribution in [0.15, 0.2) is 59.0 Å². The number of aromatic nitrogens is 4. The predicted molar refractivity (Wildman–Crippen MR) is 129 cm³/mol. The molecular weight excluding hydrogens is 529 g/mol. The van der Waals surface area contributed by atoms with Gasteiger partial charge in [0.15, 0.2) is 5.82 Å². The minimum absolute atomic E-state index is 0.0492. The predicted octanol–water partition coefficient (Wildman–Crippen LogP) is 4.86. The zero-order valence-electron chi connectivity index (χ0n) is 19.7. The number of hydrogen-bond acceptors (Lipinski definition) is 5. The van der Waals surface area contributed by atoms with Crippen LogP contribution in [0.2, 0.25) is 0 Å². The molecule has 13 heteroatoms. The van der Waals surface area contributed by atoms with Gasteiger partial charge in [-0.3, -0.25) is 9.59 Å². The maximum Gasteiger partial charge on any atom is 0.421 e. The Morgan fingerprint density at radius 3 is 2.42 bits per heavy atom. The molecule has 1 aromatic carbocycles. The van der Waals surface area contributed by atoms with E-state index in [4.69, 9.17) is 0 Å². The van der Waals surface area contributed by atoms with Crippen LogP contribution in [0.25, 0.3) is 17.1 Å². The highest BCUT2D eigenvalue weighted by Gasteiger charge is 2.34. The molecule has 0 unspecified atom stereocenters. The van der Waals surface area contributed by atoms with E-state index in [0.717, 1.165) is 27.8 Å². The Bertz CT molecular complexity index is 1520. The number of pyridine rings is 1. The smallest absolute Gasteiger partial charge is 0.341 e. The van der Waals surface area contributed by atoms with Gasteiger partial charge in [0, 0.05) is 36.8 Å². The van der Waals surface area contributed by atoms with Crippen LogP contribution in [0, 0.1) is 11.6 Å². The number of halogens is 5. The summed E-state index contributed by atoms with van der Waals surface area (Å²) in [7, 11) is 0. The topological polar surface area (TPSA) is 73.0 Å². The number of hydrogen-bond donors (Lipinski definition) is 0. The molecule has 1 fully saturated rings. The van der Waals surface area contributed by atoms with Crippen LogP contribution in [-0.4, -0.2) is 43.2 Å². The highest BCUT2D eigenvalue weighted by molar-refractivity contribution is 7.10. The Hall–Kier alpha value is -3.87. The maximum atomic E-state index is 14.1. The first-order valence-corrected chi connectivity index (χ1v) is 12.5. The standard InChI is InChI=1S/C25H20F5N5O2S/c26-17-4-1-5-18(27)22(17)19-8-12-35(32-19)20-14-38-23(31-20)15-6-10-33(11-7-15)21(36)13-34-9-2-3-16(24(34)37)25(28,29)30/h1-5,8-9,12,14-15H,6-7,10-11,13H2. The molecule has 1 aliphatic rings. The molecule has 1 aliphatic heterocycles. The van der Waals surface area contributed by atoms with Gasteiger partial charge in [-0.25, -0.2) is 18.4 Å². The highest BCUT2D eigenvalue weighted by atomic mass is 32.1. The Morgan fingerprint density at radius 2 is 1.74 bits per heavy atom. The molecule has 0 spiro atoms. The first-order chi connectivity index (χ1) is 18.1. The summed E-state index contributed by atoms with van der Waals surface area (Å²) >= 11 is 1.40. The van der Waals surface area contributed by atoms with E-state index in [1.54, 1.807) is 11.6 Å². The summed E-state index contributed by atoms with van der Waals surface area (Å²) in [4.78, 5) is 31.0. The average molecular weight is 550 g/mol. The maximum absolute atomic E-state index is 14.1. The molecule has 0 bridgehead atoms. The van der Waals surface area contributed by atoms with Crippen molar-refractivity contribution in [3.05, 3.63) is 86.7 Å². The van der Waals surface area contributed by atoms with Crippen LogP contribution in [0.4, 0.5) is 22.0 Å². The Labute approximate surface area is 216 Å². The fraction of sp³-hybridized carbons (Fsp3) is 0.280. The van der Waals surface area contributed by atoms with E-state index in [-0.39, 0.29) is 17.2 Å². The Morgan fingerprint density at radius 1 is 1.03 bits per heavy atom. The number of alkyl halides is 3. The fourth-order valence-corrected chi connectivity index (χ4v) is 5.36. The molecule has 5 rings (SSSR count). The van der Waals surface area contributed by atoms with Crippen LogP contribution in [-0.2, 0) is 17.5 Å². The monoisotopic (exact) mass is 549 g/mol. The number of piperidine rings is 1. The average Bonchev–Trinajstić information content (AvgIpc) is 3.55. The Kier molecular flexibility index (Phi) is 6.86. The summed E-state index contributed by atoms with van der Waals surface area (Å²) in [6.45, 7) is 0.258. The first kappa shape index (κ1) is 25.8. The lowest BCUT2D eigenvalue weighted by atomic mass is 9.97. The van der Waals surface area contributed by atoms with Gasteiger partial charge < -0.3 is 9.47 Å². The third-order valence-electron chi connectivity index (χ3n) is 6.38. The summed E-state index contributed by atoms with van der Waals surface area (Å²) in [5, 5.41) is 6.86. The number of thiazole rings is 1. The quantitative estimate of drug-likeness (QED) is 0.334. The van der Waals surface area contributed by atoms with Crippen molar-refractivity contribution in [2.45, 2.75) is 31.5 Å². The molecule has 1 saturated heterocycles. The Balaban J connectivity index is 1.22. The van der Waals surface area contributed by atoms with E-state index in [1.807, 2.05) is 0 Å². The second-order valence-electron chi connectivity index (χ2n) is 8.79. The van der Waals surface area contributed by atoms with Gasteiger partial charge in [-0.15, -0.1) is 11.3 Å². The number of carbonyl (C=O) groups is 1. The van der Waals surface area contributed by atoms with Gasteiger partial charge in [0.1, 0.15) is 23.7 Å². The molecule has 0 atom stereocenters. The van der Waals surface area contributed by atoms with Crippen molar-refractivity contribution in [2.24, 2.45) is 0 Å². The molecule has 0 aliphatic carbocycles. The van der Waals surface area contributed by atoms with Crippen molar-refractivity contribution in [2.75, 3.05) is 13.1 Å². The van der Waals surface area contributed by atoms with E-state index in [9.17, 15) is 31.5 Å². The second-order valence-corrected chi connectivity index (χ2v) is 9.68. The summed E-state index contributed by atoms with van der Waals surface area (Å²) < 4.78 is 69.4. The summed E-state index contributed by atoms with van der Waals surface area (Å²) in [6, 6.07) is 6.89. The van der Waals surface area contributed by atoms with Crippen LogP contribution < -0.4 is 5.56 Å². The number of rotatable bonds is 5. The van der Waals surface area contributed by atoms with Gasteiger partial charge in [-0.1, -0.05) is 6.07 Å². The van der Waals surface area contributed by atoms with Gasteiger partial charge in [0.05, 0.1) is 16.3 Å². The largest absolute Gasteiger partial charge is 0.421 e. The van der Waals surface area contributed by atoms with Crippen molar-refractivity contribution in [3.8, 4) is 17.1 Å². The summed E-state index contributed by atoms with van der Waals surface area (Å²) in [5.74, 6) is -1.32. The minimum atomic E-state index is -4.79. The van der Waals surface area contributed by atoms with Crippen LogP contribution in [0.1, 0.15) is 29.3 Å². The molecule has 4 heterocycles. The SMILES string of the molecule is O=C(Cn1cccc(C(F)(F)F)c1=O)N1CCC(c2nc(-n3ccc(-c4c(F)cccc4F)n3)cs2)CC1. The zero-order chi connectivity index (χ0) is 27.0. The number of benzene rings is 1. The number of carbonyl (C=O) groups excluding carboxylic acids is 1. The van der Waals surface area contributed by atoms with Crippen molar-refractivity contribution < 1.29 is 26.7 Å². The van der Waals surface area contributed by atoms with Gasteiger partial charge >= 0.3 is 6.18 Å². The van der Waals surface area contributed by atoms with Crippen molar-refractivity contribution in [3.63, 3.8) is 0 Å². The van der Waals surface area contributed by atoms with E-state index in [0.29, 0.717) is 37.8 Å². The minimum Gasteiger partial charge on any atom is -0.341 e. The van der Waals surface area contributed by atoms with Crippen molar-refractivity contribution in [1.29, 1.82) is 0 Å². The number of nitrogens with zero attached hydrogens (tertiary/aromatic N) is 5. The van der Waals surface area contributed by atoms with Crippen LogP contribution in [0.5, 0.6) is 0 Å². The third-order valence-corrected chi connectivity index (χ3v) is 7.38. The van der Waals surface area contributed by atoms with E-state index < -0.39 is 41.4 Å². The fourth-order valence-electron chi connectivity index (χ4n) is 4.40. The molecule has 1 amide bonds. The molecule has 38 heavy (non-hydrogen) atoms. The molecule has 4 aromatic rings. The zero-order valence-corrected chi connectivity index (χ0v) is 20.5. The first-order valence-electron chi connectivity index (χ1n) is 11.6. The van der Waals surface area contributed by atoms with Crippen LogP contribution in [0.3, 0.4) is 0 Å². The van der Waals surface area contributed by atoms with Crippen LogP contribution >= 0.6 is 11.3 Å². The number of amides is 1. The third kappa shape index (κ3) is 5.10. The molecule has 0 radical (unpaired) electrons. The lowest BCUT2D eigenvalue weighted by Crippen LogP contribution is -2.41. The molecule has 198 valence electrons.